The molecule has 0 fully saturated rings. The number of nitrogens with one attached hydrogen (secondary N) is 1. The van der Waals surface area contributed by atoms with E-state index in [9.17, 15) is 4.79 Å². The second kappa shape index (κ2) is 7.40. The van der Waals surface area contributed by atoms with E-state index in [0.29, 0.717) is 22.2 Å². The number of carbonyl (C=O) groups is 1. The lowest BCUT2D eigenvalue weighted by Gasteiger charge is -2.15. The highest BCUT2D eigenvalue weighted by molar-refractivity contribution is 6.32. The van der Waals surface area contributed by atoms with Crippen molar-refractivity contribution in [3.05, 3.63) is 65.3 Å². The van der Waals surface area contributed by atoms with Gasteiger partial charge in [-0.1, -0.05) is 53.2 Å². The van der Waals surface area contributed by atoms with Crippen LogP contribution in [0.25, 0.3) is 11.3 Å². The van der Waals surface area contributed by atoms with Crippen LogP contribution in [0, 0.1) is 0 Å². The third-order valence-electron chi connectivity index (χ3n) is 3.37. The predicted molar refractivity (Wildman–Crippen MR) is 97.1 cm³/mol. The van der Waals surface area contributed by atoms with Gasteiger partial charge in [-0.3, -0.25) is 4.79 Å². The number of hydrogen-bond donors (Lipinski definition) is 1. The maximum atomic E-state index is 12.5. The van der Waals surface area contributed by atoms with Crippen LogP contribution in [0.1, 0.15) is 24.3 Å². The van der Waals surface area contributed by atoms with Gasteiger partial charge in [0.2, 0.25) is 0 Å². The molecule has 0 saturated carbocycles. The molecule has 3 rings (SSSR count). The number of hydrogen-bond acceptors (Lipinski definition) is 4. The summed E-state index contributed by atoms with van der Waals surface area (Å²) in [5.74, 6) is 0.552. The molecule has 25 heavy (non-hydrogen) atoms. The number of rotatable bonds is 5. The van der Waals surface area contributed by atoms with Crippen LogP contribution in [-0.4, -0.2) is 17.2 Å². The molecule has 0 unspecified atom stereocenters. The maximum Gasteiger partial charge on any atom is 0.277 e. The number of nitrogens with zero attached hydrogens (tertiary/aromatic N) is 1. The molecule has 0 spiro atoms. The first-order valence-electron chi connectivity index (χ1n) is 7.83. The Morgan fingerprint density at radius 3 is 2.64 bits per heavy atom. The Balaban J connectivity index is 1.82. The van der Waals surface area contributed by atoms with Crippen LogP contribution < -0.4 is 10.1 Å². The van der Waals surface area contributed by atoms with Gasteiger partial charge >= 0.3 is 0 Å². The molecule has 0 aliphatic rings. The molecule has 0 saturated heterocycles. The summed E-state index contributed by atoms with van der Waals surface area (Å²) in [4.78, 5) is 12.5. The van der Waals surface area contributed by atoms with E-state index < -0.39 is 5.91 Å². The van der Waals surface area contributed by atoms with E-state index in [1.807, 2.05) is 44.2 Å². The van der Waals surface area contributed by atoms with Gasteiger partial charge in [-0.2, -0.15) is 0 Å². The largest absolute Gasteiger partial charge is 0.487 e. The van der Waals surface area contributed by atoms with Gasteiger partial charge in [0, 0.05) is 11.6 Å². The van der Waals surface area contributed by atoms with Crippen LogP contribution in [-0.2, 0) is 0 Å². The Hall–Kier alpha value is -2.79. The highest BCUT2D eigenvalue weighted by Crippen LogP contribution is 2.34. The highest BCUT2D eigenvalue weighted by Gasteiger charge is 2.17. The molecule has 1 aromatic heterocycles. The van der Waals surface area contributed by atoms with Crippen molar-refractivity contribution < 1.29 is 14.1 Å². The van der Waals surface area contributed by atoms with Crippen molar-refractivity contribution in [3.63, 3.8) is 0 Å². The topological polar surface area (TPSA) is 64.4 Å². The number of para-hydroxylation sites is 1. The fraction of sp³-hybridized carbons (Fsp3) is 0.158. The number of anilines is 1. The summed E-state index contributed by atoms with van der Waals surface area (Å²) in [5, 5.41) is 7.04. The minimum Gasteiger partial charge on any atom is -0.487 e. The molecule has 1 heterocycles. The first-order chi connectivity index (χ1) is 12.0. The zero-order valence-electron chi connectivity index (χ0n) is 13.8. The molecule has 0 aliphatic carbocycles. The summed E-state index contributed by atoms with van der Waals surface area (Å²) in [6.45, 7) is 3.78. The monoisotopic (exact) mass is 356 g/mol. The van der Waals surface area contributed by atoms with Crippen molar-refractivity contribution in [1.29, 1.82) is 0 Å². The molecule has 2 aromatic carbocycles. The Bertz CT molecular complexity index is 875. The lowest BCUT2D eigenvalue weighted by atomic mass is 10.1. The van der Waals surface area contributed by atoms with Crippen LogP contribution in [0.15, 0.2) is 59.1 Å². The average Bonchev–Trinajstić information content (AvgIpc) is 3.09. The second-order valence-corrected chi connectivity index (χ2v) is 6.09. The van der Waals surface area contributed by atoms with Crippen LogP contribution >= 0.6 is 11.6 Å². The maximum absolute atomic E-state index is 12.5. The number of ether oxygens (including phenoxy) is 1. The van der Waals surface area contributed by atoms with E-state index in [4.69, 9.17) is 20.9 Å². The fourth-order valence-electron chi connectivity index (χ4n) is 2.27. The quantitative estimate of drug-likeness (QED) is 0.696. The smallest absolute Gasteiger partial charge is 0.277 e. The summed E-state index contributed by atoms with van der Waals surface area (Å²) in [5.41, 5.74) is 1.51. The molecule has 1 N–H and O–H groups in total. The molecular weight excluding hydrogens is 340 g/mol. The van der Waals surface area contributed by atoms with E-state index >= 15 is 0 Å². The standard InChI is InChI=1S/C19H17ClN2O3/c1-12(2)24-18-14(20)9-6-10-15(18)21-19(23)16-11-17(25-22-16)13-7-4-3-5-8-13/h3-12H,1-2H3,(H,21,23). The van der Waals surface area contributed by atoms with E-state index in [2.05, 4.69) is 10.5 Å². The molecule has 0 bridgehead atoms. The van der Waals surface area contributed by atoms with Gasteiger partial charge in [0.25, 0.3) is 5.91 Å². The first kappa shape index (κ1) is 17.0. The number of carbonyl (C=O) groups excluding carboxylic acids is 1. The third kappa shape index (κ3) is 4.00. The summed E-state index contributed by atoms with van der Waals surface area (Å²) >= 11 is 6.18. The number of benzene rings is 2. The Morgan fingerprint density at radius 2 is 1.92 bits per heavy atom. The minimum atomic E-state index is -0.401. The lowest BCUT2D eigenvalue weighted by Crippen LogP contribution is -2.15. The van der Waals surface area contributed by atoms with Crippen molar-refractivity contribution in [2.24, 2.45) is 0 Å². The van der Waals surface area contributed by atoms with E-state index in [1.54, 1.807) is 24.3 Å². The third-order valence-corrected chi connectivity index (χ3v) is 3.67. The number of amides is 1. The van der Waals surface area contributed by atoms with Gasteiger partial charge < -0.3 is 14.6 Å². The van der Waals surface area contributed by atoms with E-state index in [0.717, 1.165) is 5.56 Å². The van der Waals surface area contributed by atoms with Gasteiger partial charge in [-0.05, 0) is 26.0 Å². The van der Waals surface area contributed by atoms with Crippen molar-refractivity contribution >= 4 is 23.2 Å². The van der Waals surface area contributed by atoms with Crippen molar-refractivity contribution in [1.82, 2.24) is 5.16 Å². The van der Waals surface area contributed by atoms with Gasteiger partial charge in [-0.15, -0.1) is 0 Å². The summed E-state index contributed by atoms with van der Waals surface area (Å²) in [6.07, 6.45) is -0.0766. The van der Waals surface area contributed by atoms with Crippen LogP contribution in [0.5, 0.6) is 5.75 Å². The van der Waals surface area contributed by atoms with Crippen LogP contribution in [0.3, 0.4) is 0 Å². The Kier molecular flexibility index (Phi) is 5.05. The molecule has 3 aromatic rings. The second-order valence-electron chi connectivity index (χ2n) is 5.68. The summed E-state index contributed by atoms with van der Waals surface area (Å²) in [7, 11) is 0. The van der Waals surface area contributed by atoms with Crippen molar-refractivity contribution in [3.8, 4) is 17.1 Å². The normalized spacial score (nSPS) is 10.7. The average molecular weight is 357 g/mol. The fourth-order valence-corrected chi connectivity index (χ4v) is 2.49. The molecule has 5 nitrogen and oxygen atoms in total. The lowest BCUT2D eigenvalue weighted by molar-refractivity contribution is 0.101. The zero-order valence-corrected chi connectivity index (χ0v) is 14.6. The van der Waals surface area contributed by atoms with Gasteiger partial charge in [0.15, 0.2) is 17.2 Å². The molecule has 6 heteroatoms. The number of halogens is 1. The summed E-state index contributed by atoms with van der Waals surface area (Å²) in [6, 6.07) is 16.2. The Labute approximate surface area is 150 Å². The highest BCUT2D eigenvalue weighted by atomic mass is 35.5. The number of aromatic nitrogens is 1. The van der Waals surface area contributed by atoms with Crippen molar-refractivity contribution in [2.45, 2.75) is 20.0 Å². The minimum absolute atomic E-state index is 0.0766. The molecule has 1 amide bonds. The zero-order chi connectivity index (χ0) is 17.8. The molecule has 0 atom stereocenters. The van der Waals surface area contributed by atoms with Gasteiger partial charge in [0.1, 0.15) is 0 Å². The van der Waals surface area contributed by atoms with E-state index in [1.165, 1.54) is 0 Å². The van der Waals surface area contributed by atoms with Gasteiger partial charge in [-0.25, -0.2) is 0 Å². The summed E-state index contributed by atoms with van der Waals surface area (Å²) < 4.78 is 11.0. The molecule has 0 radical (unpaired) electrons. The van der Waals surface area contributed by atoms with Crippen molar-refractivity contribution in [2.75, 3.05) is 5.32 Å². The van der Waals surface area contributed by atoms with Crippen LogP contribution in [0.2, 0.25) is 5.02 Å². The van der Waals surface area contributed by atoms with Crippen LogP contribution in [0.4, 0.5) is 5.69 Å². The Morgan fingerprint density at radius 1 is 1.16 bits per heavy atom. The molecule has 128 valence electrons. The van der Waals surface area contributed by atoms with E-state index in [-0.39, 0.29) is 11.8 Å². The molecule has 0 aliphatic heterocycles. The first-order valence-corrected chi connectivity index (χ1v) is 8.21. The SMILES string of the molecule is CC(C)Oc1c(Cl)cccc1NC(=O)c1cc(-c2ccccc2)on1. The molecular formula is C19H17ClN2O3. The van der Waals surface area contributed by atoms with Gasteiger partial charge in [0.05, 0.1) is 16.8 Å². The predicted octanol–water partition coefficient (Wildman–Crippen LogP) is 5.03.